The highest BCUT2D eigenvalue weighted by Gasteiger charge is 2.30. The number of aromatic nitrogens is 1. The Morgan fingerprint density at radius 3 is 2.46 bits per heavy atom. The summed E-state index contributed by atoms with van der Waals surface area (Å²) in [4.78, 5) is 15.3. The number of benzene rings is 4. The van der Waals surface area contributed by atoms with E-state index in [4.69, 9.17) is 19.4 Å². The first-order chi connectivity index (χ1) is 26.7. The Morgan fingerprint density at radius 2 is 1.57 bits per heavy atom. The zero-order valence-electron chi connectivity index (χ0n) is 30.5. The molecule has 0 radical (unpaired) electrons. The summed E-state index contributed by atoms with van der Waals surface area (Å²) in [6.07, 6.45) is 24.1. The van der Waals surface area contributed by atoms with E-state index in [0.717, 1.165) is 91.2 Å². The molecule has 1 aromatic heterocycles. The van der Waals surface area contributed by atoms with E-state index in [0.29, 0.717) is 17.7 Å². The van der Waals surface area contributed by atoms with Crippen LogP contribution >= 0.6 is 0 Å². The molecule has 266 valence electrons. The molecule has 5 aromatic rings. The molecule has 0 saturated heterocycles. The molecule has 2 heterocycles. The number of allylic oxidation sites excluding steroid dienone is 7. The monoisotopic (exact) mass is 704 g/mol. The molecular formula is C49H44N4O. The van der Waals surface area contributed by atoms with Crippen LogP contribution in [0.2, 0.25) is 0 Å². The highest BCUT2D eigenvalue weighted by Crippen LogP contribution is 2.46. The second-order valence-corrected chi connectivity index (χ2v) is 15.3. The molecule has 0 amide bonds. The number of aryl methyl sites for hydroxylation is 2. The van der Waals surface area contributed by atoms with Crippen molar-refractivity contribution in [2.45, 2.75) is 69.4 Å². The quantitative estimate of drug-likeness (QED) is 0.179. The lowest BCUT2D eigenvalue weighted by atomic mass is 9.77. The number of nitrogens with one attached hydrogen (secondary N) is 1. The lowest BCUT2D eigenvalue weighted by molar-refractivity contribution is 0.397. The van der Waals surface area contributed by atoms with Gasteiger partial charge in [0.1, 0.15) is 29.3 Å². The van der Waals surface area contributed by atoms with E-state index in [1.165, 1.54) is 33.4 Å². The molecule has 54 heavy (non-hydrogen) atoms. The van der Waals surface area contributed by atoms with E-state index < -0.39 is 0 Å². The Morgan fingerprint density at radius 1 is 0.704 bits per heavy atom. The van der Waals surface area contributed by atoms with Crippen LogP contribution in [-0.4, -0.2) is 22.8 Å². The number of hydrogen-bond acceptors (Lipinski definition) is 5. The normalized spacial score (nSPS) is 22.9. The second-order valence-electron chi connectivity index (χ2n) is 15.3. The summed E-state index contributed by atoms with van der Waals surface area (Å²) >= 11 is 0. The Kier molecular flexibility index (Phi) is 8.63. The third kappa shape index (κ3) is 6.32. The van der Waals surface area contributed by atoms with Crippen molar-refractivity contribution in [3.8, 4) is 22.6 Å². The van der Waals surface area contributed by atoms with Crippen molar-refractivity contribution in [1.29, 1.82) is 0 Å². The summed E-state index contributed by atoms with van der Waals surface area (Å²) in [6, 6.07) is 35.4. The third-order valence-electron chi connectivity index (χ3n) is 11.9. The SMILES string of the molecule is C1=CC(c2cccc(C3=NC(C4CC=CCC4)N=C(c4ccccc4)N3)c2)CC([C@@H]2CCc3ccccc3-c3cc(-c4nc5c(o4)CCC=C5)ccc32)=C1. The summed E-state index contributed by atoms with van der Waals surface area (Å²) in [5.41, 5.74) is 12.4. The number of hydrogen-bond donors (Lipinski definition) is 1. The Labute approximate surface area is 317 Å². The van der Waals surface area contributed by atoms with E-state index >= 15 is 0 Å². The van der Waals surface area contributed by atoms with Gasteiger partial charge in [0.25, 0.3) is 0 Å². The molecule has 0 spiro atoms. The van der Waals surface area contributed by atoms with Crippen molar-refractivity contribution in [3.63, 3.8) is 0 Å². The largest absolute Gasteiger partial charge is 0.441 e. The summed E-state index contributed by atoms with van der Waals surface area (Å²) < 4.78 is 6.32. The molecule has 4 atom stereocenters. The number of oxazole rings is 1. The zero-order chi connectivity index (χ0) is 35.8. The van der Waals surface area contributed by atoms with Gasteiger partial charge in [0.05, 0.1) is 0 Å². The summed E-state index contributed by atoms with van der Waals surface area (Å²) in [5, 5.41) is 3.64. The van der Waals surface area contributed by atoms with Crippen LogP contribution in [0.4, 0.5) is 0 Å². The maximum atomic E-state index is 6.32. The van der Waals surface area contributed by atoms with Crippen molar-refractivity contribution in [2.75, 3.05) is 0 Å². The third-order valence-corrected chi connectivity index (χ3v) is 11.9. The van der Waals surface area contributed by atoms with Crippen LogP contribution in [-0.2, 0) is 12.8 Å². The number of amidine groups is 2. The van der Waals surface area contributed by atoms with Crippen LogP contribution in [0.15, 0.2) is 153 Å². The average Bonchev–Trinajstić information content (AvgIpc) is 3.62. The molecular weight excluding hydrogens is 661 g/mol. The Balaban J connectivity index is 0.949. The predicted molar refractivity (Wildman–Crippen MR) is 220 cm³/mol. The number of nitrogens with zero attached hydrogens (tertiary/aromatic N) is 3. The fraction of sp³-hybridized carbons (Fsp3) is 0.245. The number of rotatable bonds is 6. The highest BCUT2D eigenvalue weighted by molar-refractivity contribution is 6.15. The zero-order valence-corrected chi connectivity index (χ0v) is 30.5. The molecule has 0 fully saturated rings. The number of fused-ring (bicyclic) bond motifs is 4. The topological polar surface area (TPSA) is 62.8 Å². The lowest BCUT2D eigenvalue weighted by Gasteiger charge is -2.29. The van der Waals surface area contributed by atoms with E-state index in [-0.39, 0.29) is 12.1 Å². The predicted octanol–water partition coefficient (Wildman–Crippen LogP) is 11.1. The molecule has 0 saturated carbocycles. The number of aliphatic imine (C=N–C) groups is 2. The lowest BCUT2D eigenvalue weighted by Crippen LogP contribution is -2.39. The van der Waals surface area contributed by atoms with E-state index in [1.807, 2.05) is 0 Å². The van der Waals surface area contributed by atoms with Gasteiger partial charge < -0.3 is 9.73 Å². The van der Waals surface area contributed by atoms with Gasteiger partial charge in [0, 0.05) is 40.9 Å². The molecule has 1 N–H and O–H groups in total. The molecule has 3 unspecified atom stereocenters. The standard InChI is InChI=1S/C49H44N4O/c1-3-14-33(15-4-1)46-51-47(34-16-5-2-6-17-34)53-48(52-46)38-21-12-19-36(30-38)35-18-11-20-37(29-35)41-27-25-32-13-7-8-22-40(32)43-31-39(26-28-42(41)43)49-50-44-23-9-10-24-45(44)54-49/h1-5,7-9,11-15,18-23,26,28,30-31,34-35,41,47H,6,10,16-17,24-25,27,29H2,(H,51,52,53)/t34?,35?,41-,47?/m0/s1. The first kappa shape index (κ1) is 32.8. The van der Waals surface area contributed by atoms with Crippen LogP contribution in [0, 0.1) is 5.92 Å². The molecule has 0 bridgehead atoms. The van der Waals surface area contributed by atoms with Gasteiger partial charge in [-0.05, 0) is 97.0 Å². The Bertz CT molecular complexity index is 2410. The van der Waals surface area contributed by atoms with Gasteiger partial charge in [0.2, 0.25) is 5.89 Å². The van der Waals surface area contributed by atoms with Crippen molar-refractivity contribution in [2.24, 2.45) is 15.9 Å². The van der Waals surface area contributed by atoms with Gasteiger partial charge in [0.15, 0.2) is 0 Å². The van der Waals surface area contributed by atoms with Crippen molar-refractivity contribution >= 4 is 17.7 Å². The van der Waals surface area contributed by atoms with Crippen LogP contribution in [0.3, 0.4) is 0 Å². The van der Waals surface area contributed by atoms with E-state index in [9.17, 15) is 0 Å². The van der Waals surface area contributed by atoms with Crippen molar-refractivity contribution in [1.82, 2.24) is 10.3 Å². The maximum Gasteiger partial charge on any atom is 0.226 e. The first-order valence-corrected chi connectivity index (χ1v) is 19.7. The second kappa shape index (κ2) is 14.2. The average molecular weight is 705 g/mol. The van der Waals surface area contributed by atoms with Gasteiger partial charge in [-0.25, -0.2) is 15.0 Å². The molecule has 1 aliphatic heterocycles. The van der Waals surface area contributed by atoms with Gasteiger partial charge in [-0.3, -0.25) is 0 Å². The Hall–Kier alpha value is -5.81. The van der Waals surface area contributed by atoms with Gasteiger partial charge in [-0.1, -0.05) is 121 Å². The smallest absolute Gasteiger partial charge is 0.226 e. The minimum absolute atomic E-state index is 0.0973. The molecule has 4 aliphatic carbocycles. The molecule has 4 aromatic carbocycles. The minimum Gasteiger partial charge on any atom is -0.441 e. The fourth-order valence-electron chi connectivity index (χ4n) is 9.04. The van der Waals surface area contributed by atoms with Crippen LogP contribution in [0.25, 0.3) is 28.7 Å². The fourth-order valence-corrected chi connectivity index (χ4v) is 9.04. The van der Waals surface area contributed by atoms with Gasteiger partial charge in [-0.2, -0.15) is 0 Å². The van der Waals surface area contributed by atoms with Gasteiger partial charge in [-0.15, -0.1) is 0 Å². The molecule has 10 rings (SSSR count). The van der Waals surface area contributed by atoms with Crippen LogP contribution in [0.5, 0.6) is 0 Å². The highest BCUT2D eigenvalue weighted by atomic mass is 16.4. The van der Waals surface area contributed by atoms with Gasteiger partial charge >= 0.3 is 0 Å². The van der Waals surface area contributed by atoms with E-state index in [1.54, 1.807) is 0 Å². The summed E-state index contributed by atoms with van der Waals surface area (Å²) in [5.74, 6) is 4.53. The molecule has 5 nitrogen and oxygen atoms in total. The summed E-state index contributed by atoms with van der Waals surface area (Å²) in [6.45, 7) is 0. The first-order valence-electron chi connectivity index (χ1n) is 19.7. The van der Waals surface area contributed by atoms with Crippen molar-refractivity contribution < 1.29 is 4.42 Å². The minimum atomic E-state index is -0.0973. The van der Waals surface area contributed by atoms with E-state index in [2.05, 4.69) is 145 Å². The molecule has 5 heteroatoms. The van der Waals surface area contributed by atoms with Crippen molar-refractivity contribution in [3.05, 3.63) is 178 Å². The molecule has 5 aliphatic rings. The van der Waals surface area contributed by atoms with Crippen LogP contribution in [0.1, 0.15) is 89.6 Å². The van der Waals surface area contributed by atoms with Crippen LogP contribution < -0.4 is 5.32 Å². The maximum absolute atomic E-state index is 6.32. The summed E-state index contributed by atoms with van der Waals surface area (Å²) in [7, 11) is 0.